The minimum absolute atomic E-state index is 0.0394. The monoisotopic (exact) mass is 461 g/mol. The molecule has 174 valence electrons. The molecule has 2 rings (SSSR count). The van der Waals surface area contributed by atoms with Crippen molar-refractivity contribution in [2.75, 3.05) is 6.54 Å². The van der Waals surface area contributed by atoms with Gasteiger partial charge in [0.2, 0.25) is 5.91 Å². The molecule has 0 aromatic heterocycles. The van der Waals surface area contributed by atoms with Crippen LogP contribution in [0.15, 0.2) is 36.4 Å². The van der Waals surface area contributed by atoms with Crippen molar-refractivity contribution in [3.63, 3.8) is 0 Å². The van der Waals surface area contributed by atoms with Crippen LogP contribution < -0.4 is 0 Å². The normalized spacial score (nSPS) is 13.0. The molecule has 1 N–H and O–H groups in total. The average Bonchev–Trinajstić information content (AvgIpc) is 2.69. The fourth-order valence-corrected chi connectivity index (χ4v) is 3.29. The van der Waals surface area contributed by atoms with Gasteiger partial charge in [0.1, 0.15) is 0 Å². The average molecular weight is 461 g/mol. The Labute approximate surface area is 180 Å². The van der Waals surface area contributed by atoms with Gasteiger partial charge >= 0.3 is 18.3 Å². The van der Waals surface area contributed by atoms with Gasteiger partial charge in [-0.3, -0.25) is 9.59 Å². The number of benzene rings is 2. The lowest BCUT2D eigenvalue weighted by molar-refractivity contribution is -0.140. The van der Waals surface area contributed by atoms with Gasteiger partial charge in [0.15, 0.2) is 0 Å². The van der Waals surface area contributed by atoms with Crippen LogP contribution in [-0.4, -0.2) is 28.4 Å². The van der Waals surface area contributed by atoms with Gasteiger partial charge in [0, 0.05) is 20.0 Å². The molecule has 0 saturated heterocycles. The Morgan fingerprint density at radius 2 is 1.50 bits per heavy atom. The summed E-state index contributed by atoms with van der Waals surface area (Å²) in [6, 6.07) is 5.02. The molecule has 2 aromatic carbocycles. The smallest absolute Gasteiger partial charge is 0.416 e. The number of carboxylic acids is 1. The summed E-state index contributed by atoms with van der Waals surface area (Å²) in [5, 5.41) is 9.45. The predicted molar refractivity (Wildman–Crippen MR) is 105 cm³/mol. The van der Waals surface area contributed by atoms with Gasteiger partial charge in [0.05, 0.1) is 17.0 Å². The van der Waals surface area contributed by atoms with E-state index in [9.17, 15) is 41.0 Å². The number of aliphatic carboxylic acids is 1. The molecular formula is C22H21F6NO3. The molecule has 0 fully saturated rings. The van der Waals surface area contributed by atoms with Crippen LogP contribution >= 0.6 is 0 Å². The molecule has 0 saturated carbocycles. The van der Waals surface area contributed by atoms with Crippen LogP contribution in [0.4, 0.5) is 26.3 Å². The van der Waals surface area contributed by atoms with Gasteiger partial charge in [0.25, 0.3) is 0 Å². The number of hydrogen-bond acceptors (Lipinski definition) is 2. The summed E-state index contributed by atoms with van der Waals surface area (Å²) in [6.45, 7) is 4.11. The van der Waals surface area contributed by atoms with Gasteiger partial charge in [-0.15, -0.1) is 0 Å². The van der Waals surface area contributed by atoms with E-state index in [0.717, 1.165) is 36.4 Å². The number of halogens is 6. The molecule has 0 radical (unpaired) electrons. The number of hydrogen-bond donors (Lipinski definition) is 1. The van der Waals surface area contributed by atoms with Gasteiger partial charge in [-0.25, -0.2) is 0 Å². The third-order valence-electron chi connectivity index (χ3n) is 5.15. The van der Waals surface area contributed by atoms with Gasteiger partial charge in [-0.05, 0) is 60.4 Å². The van der Waals surface area contributed by atoms with E-state index in [4.69, 9.17) is 0 Å². The summed E-state index contributed by atoms with van der Waals surface area (Å²) in [4.78, 5) is 24.8. The van der Waals surface area contributed by atoms with E-state index in [-0.39, 0.29) is 41.3 Å². The maximum absolute atomic E-state index is 13.6. The number of carboxylic acid groups (broad SMARTS) is 1. The summed E-state index contributed by atoms with van der Waals surface area (Å²) < 4.78 is 79.5. The van der Waals surface area contributed by atoms with Crippen LogP contribution in [-0.2, 0) is 28.5 Å². The molecular weight excluding hydrogens is 440 g/mol. The maximum Gasteiger partial charge on any atom is 0.416 e. The molecule has 2 aromatic rings. The van der Waals surface area contributed by atoms with Crippen molar-refractivity contribution in [1.82, 2.24) is 4.90 Å². The number of carbonyl (C=O) groups is 2. The summed E-state index contributed by atoms with van der Waals surface area (Å²) in [5.41, 5.74) is -2.20. The Bertz CT molecular complexity index is 996. The zero-order valence-electron chi connectivity index (χ0n) is 17.4. The quantitative estimate of drug-likeness (QED) is 0.541. The molecule has 0 aliphatic rings. The second kappa shape index (κ2) is 9.22. The fourth-order valence-electron chi connectivity index (χ4n) is 3.29. The van der Waals surface area contributed by atoms with E-state index in [1.165, 1.54) is 18.7 Å². The van der Waals surface area contributed by atoms with E-state index >= 15 is 0 Å². The van der Waals surface area contributed by atoms with Crippen molar-refractivity contribution >= 4 is 11.9 Å². The molecule has 4 nitrogen and oxygen atoms in total. The van der Waals surface area contributed by atoms with Crippen molar-refractivity contribution in [2.24, 2.45) is 0 Å². The van der Waals surface area contributed by atoms with Crippen molar-refractivity contribution in [2.45, 2.75) is 45.6 Å². The molecule has 32 heavy (non-hydrogen) atoms. The number of amides is 1. The number of alkyl halides is 6. The summed E-state index contributed by atoms with van der Waals surface area (Å²) in [5.74, 6) is -3.12. The van der Waals surface area contributed by atoms with Gasteiger partial charge in [-0.1, -0.05) is 12.1 Å². The molecule has 0 aliphatic carbocycles. The number of nitrogens with zero attached hydrogens (tertiary/aromatic N) is 1. The first kappa shape index (κ1) is 25.2. The lowest BCUT2D eigenvalue weighted by atomic mass is 9.86. The topological polar surface area (TPSA) is 57.6 Å². The lowest BCUT2D eigenvalue weighted by Gasteiger charge is -2.26. The summed E-state index contributed by atoms with van der Waals surface area (Å²) in [6.07, 6.45) is -9.46. The SMILES string of the molecule is CCN(Cc1c(-c2ccc(C(F)(F)F)cc2)cc(C(F)(F)F)cc1[C@@H](C)C(=O)O)C(C)=O. The summed E-state index contributed by atoms with van der Waals surface area (Å²) >= 11 is 0. The van der Waals surface area contributed by atoms with Crippen LogP contribution in [0.2, 0.25) is 0 Å². The largest absolute Gasteiger partial charge is 0.481 e. The minimum atomic E-state index is -4.82. The maximum atomic E-state index is 13.6. The van der Waals surface area contributed by atoms with Crippen molar-refractivity contribution in [3.8, 4) is 11.1 Å². The fraction of sp³-hybridized carbons (Fsp3) is 0.364. The zero-order chi connectivity index (χ0) is 24.4. The Hall–Kier alpha value is -3.04. The molecule has 0 heterocycles. The molecule has 0 bridgehead atoms. The Balaban J connectivity index is 2.84. The highest BCUT2D eigenvalue weighted by Gasteiger charge is 2.35. The van der Waals surface area contributed by atoms with E-state index < -0.39 is 35.4 Å². The minimum Gasteiger partial charge on any atom is -0.481 e. The first-order valence-electron chi connectivity index (χ1n) is 9.56. The standard InChI is InChI=1S/C22H21F6NO3/c1-4-29(13(3)30)11-19-17(12(2)20(31)32)9-16(22(26,27)28)10-18(19)14-5-7-15(8-6-14)21(23,24)25/h5-10,12H,4,11H2,1-3H3,(H,31,32)/t12-/m1/s1. The molecule has 1 atom stereocenters. The van der Waals surface area contributed by atoms with E-state index in [2.05, 4.69) is 0 Å². The first-order chi connectivity index (χ1) is 14.7. The third kappa shape index (κ3) is 5.60. The van der Waals surface area contributed by atoms with Crippen LogP contribution in [0.25, 0.3) is 11.1 Å². The lowest BCUT2D eigenvalue weighted by Crippen LogP contribution is -2.29. The van der Waals surface area contributed by atoms with Crippen molar-refractivity contribution in [1.29, 1.82) is 0 Å². The Morgan fingerprint density at radius 3 is 1.91 bits per heavy atom. The molecule has 0 unspecified atom stereocenters. The van der Waals surface area contributed by atoms with Crippen LogP contribution in [0.5, 0.6) is 0 Å². The first-order valence-corrected chi connectivity index (χ1v) is 9.56. The highest BCUT2D eigenvalue weighted by molar-refractivity contribution is 5.80. The van der Waals surface area contributed by atoms with E-state index in [1.54, 1.807) is 6.92 Å². The van der Waals surface area contributed by atoms with Crippen LogP contribution in [0.1, 0.15) is 48.9 Å². The highest BCUT2D eigenvalue weighted by Crippen LogP contribution is 2.40. The molecule has 10 heteroatoms. The second-order valence-electron chi connectivity index (χ2n) is 7.26. The van der Waals surface area contributed by atoms with Crippen LogP contribution in [0, 0.1) is 0 Å². The van der Waals surface area contributed by atoms with Gasteiger partial charge < -0.3 is 10.0 Å². The zero-order valence-corrected chi connectivity index (χ0v) is 17.4. The molecule has 1 amide bonds. The predicted octanol–water partition coefficient (Wildman–Crippen LogP) is 5.95. The molecule has 0 aliphatic heterocycles. The third-order valence-corrected chi connectivity index (χ3v) is 5.15. The molecule has 0 spiro atoms. The van der Waals surface area contributed by atoms with Crippen LogP contribution in [0.3, 0.4) is 0 Å². The van der Waals surface area contributed by atoms with E-state index in [1.807, 2.05) is 0 Å². The van der Waals surface area contributed by atoms with Crippen molar-refractivity contribution in [3.05, 3.63) is 58.7 Å². The Morgan fingerprint density at radius 1 is 0.969 bits per heavy atom. The second-order valence-corrected chi connectivity index (χ2v) is 7.26. The number of carbonyl (C=O) groups excluding carboxylic acids is 1. The number of rotatable bonds is 6. The van der Waals surface area contributed by atoms with E-state index in [0.29, 0.717) is 0 Å². The van der Waals surface area contributed by atoms with Gasteiger partial charge in [-0.2, -0.15) is 26.3 Å². The van der Waals surface area contributed by atoms with Crippen molar-refractivity contribution < 1.29 is 41.0 Å². The summed E-state index contributed by atoms with van der Waals surface area (Å²) in [7, 11) is 0. The highest BCUT2D eigenvalue weighted by atomic mass is 19.4. The Kier molecular flexibility index (Phi) is 7.26.